The highest BCUT2D eigenvalue weighted by atomic mass is 32.1. The summed E-state index contributed by atoms with van der Waals surface area (Å²) in [4.78, 5) is 17.9. The molecule has 29 heavy (non-hydrogen) atoms. The number of hydrogen-bond donors (Lipinski definition) is 1. The summed E-state index contributed by atoms with van der Waals surface area (Å²) in [6.45, 7) is 6.03. The molecule has 2 heterocycles. The number of thiazole rings is 1. The average Bonchev–Trinajstić information content (AvgIpc) is 3.28. The number of benzene rings is 2. The highest BCUT2D eigenvalue weighted by Crippen LogP contribution is 2.35. The quantitative estimate of drug-likeness (QED) is 0.475. The van der Waals surface area contributed by atoms with E-state index in [1.54, 1.807) is 30.3 Å². The molecule has 0 saturated carbocycles. The van der Waals surface area contributed by atoms with Crippen molar-refractivity contribution in [3.8, 4) is 10.9 Å². The first-order valence-corrected chi connectivity index (χ1v) is 9.83. The second kappa shape index (κ2) is 7.21. The number of carbonyl (C=O) groups excluding carboxylic acids is 1. The largest absolute Gasteiger partial charge is 0.431 e. The Hall–Kier alpha value is -3.39. The number of aromatic nitrogens is 2. The van der Waals surface area contributed by atoms with Crippen molar-refractivity contribution in [2.24, 2.45) is 5.73 Å². The van der Waals surface area contributed by atoms with Crippen molar-refractivity contribution in [2.75, 3.05) is 4.90 Å². The molecule has 0 aliphatic heterocycles. The fourth-order valence-corrected chi connectivity index (χ4v) is 3.60. The first-order valence-electron chi connectivity index (χ1n) is 9.01. The Labute approximate surface area is 171 Å². The minimum absolute atomic E-state index is 0.219. The van der Waals surface area contributed by atoms with Crippen molar-refractivity contribution in [3.63, 3.8) is 0 Å². The molecular formula is C21H20N4O3S. The van der Waals surface area contributed by atoms with Gasteiger partial charge < -0.3 is 15.0 Å². The first-order chi connectivity index (χ1) is 13.8. The molecule has 0 aliphatic rings. The fourth-order valence-electron chi connectivity index (χ4n) is 2.77. The fraction of sp³-hybridized carbons (Fsp3) is 0.190. The normalized spacial score (nSPS) is 11.6. The van der Waals surface area contributed by atoms with Gasteiger partial charge in [0.1, 0.15) is 5.75 Å². The van der Waals surface area contributed by atoms with Crippen molar-refractivity contribution < 1.29 is 14.1 Å². The van der Waals surface area contributed by atoms with Gasteiger partial charge >= 0.3 is 6.03 Å². The first kappa shape index (κ1) is 18.9. The number of nitrogens with two attached hydrogens (primary N) is 1. The van der Waals surface area contributed by atoms with E-state index >= 15 is 0 Å². The van der Waals surface area contributed by atoms with Crippen LogP contribution in [0.2, 0.25) is 0 Å². The summed E-state index contributed by atoms with van der Waals surface area (Å²) in [6.07, 6.45) is 0. The van der Waals surface area contributed by atoms with Gasteiger partial charge in [0.15, 0.2) is 0 Å². The highest BCUT2D eigenvalue weighted by Gasteiger charge is 2.25. The topological polar surface area (TPSA) is 94.5 Å². The predicted molar refractivity (Wildman–Crippen MR) is 113 cm³/mol. The van der Waals surface area contributed by atoms with Crippen LogP contribution < -0.4 is 15.4 Å². The molecule has 0 fully saturated rings. The minimum atomic E-state index is -0.682. The van der Waals surface area contributed by atoms with E-state index in [-0.39, 0.29) is 11.3 Å². The lowest BCUT2D eigenvalue weighted by molar-refractivity contribution is 0.254. The van der Waals surface area contributed by atoms with Gasteiger partial charge in [0, 0.05) is 17.5 Å². The molecular weight excluding hydrogens is 388 g/mol. The molecule has 8 heteroatoms. The van der Waals surface area contributed by atoms with Crippen LogP contribution in [0.5, 0.6) is 10.9 Å². The molecule has 2 aromatic heterocycles. The Morgan fingerprint density at radius 3 is 2.62 bits per heavy atom. The molecule has 0 bridgehead atoms. The third-order valence-corrected chi connectivity index (χ3v) is 5.18. The lowest BCUT2D eigenvalue weighted by Crippen LogP contribution is -2.31. The Kier molecular flexibility index (Phi) is 4.71. The zero-order chi connectivity index (χ0) is 20.6. The van der Waals surface area contributed by atoms with Gasteiger partial charge in [0.25, 0.3) is 5.19 Å². The molecule has 0 saturated heterocycles. The lowest BCUT2D eigenvalue weighted by Gasteiger charge is -2.17. The number of primary amides is 1. The van der Waals surface area contributed by atoms with Crippen LogP contribution in [0.4, 0.5) is 16.4 Å². The maximum absolute atomic E-state index is 12.2. The van der Waals surface area contributed by atoms with Gasteiger partial charge in [-0.3, -0.25) is 0 Å². The van der Waals surface area contributed by atoms with Crippen LogP contribution in [0.15, 0.2) is 59.1 Å². The van der Waals surface area contributed by atoms with Crippen molar-refractivity contribution in [2.45, 2.75) is 26.2 Å². The van der Waals surface area contributed by atoms with Crippen LogP contribution in [0, 0.1) is 0 Å². The maximum atomic E-state index is 12.2. The van der Waals surface area contributed by atoms with E-state index in [1.807, 2.05) is 45.0 Å². The van der Waals surface area contributed by atoms with Gasteiger partial charge in [-0.25, -0.2) is 14.7 Å². The molecule has 0 spiro atoms. The summed E-state index contributed by atoms with van der Waals surface area (Å²) in [5.74, 6) is 0.780. The van der Waals surface area contributed by atoms with Gasteiger partial charge in [-0.05, 0) is 24.3 Å². The van der Waals surface area contributed by atoms with Gasteiger partial charge in [0.2, 0.25) is 5.88 Å². The monoisotopic (exact) mass is 408 g/mol. The Morgan fingerprint density at radius 1 is 1.14 bits per heavy atom. The number of hydrogen-bond acceptors (Lipinski definition) is 6. The average molecular weight is 408 g/mol. The molecule has 148 valence electrons. The maximum Gasteiger partial charge on any atom is 0.326 e. The Morgan fingerprint density at radius 2 is 1.93 bits per heavy atom. The highest BCUT2D eigenvalue weighted by molar-refractivity contribution is 7.20. The minimum Gasteiger partial charge on any atom is -0.431 e. The lowest BCUT2D eigenvalue weighted by atomic mass is 9.92. The standard InChI is InChI=1S/C21H20N4O3S/c1-21(2,3)17-12-18(28-24-17)25(19(22)26)13-7-6-8-14(11-13)27-20-23-15-9-4-5-10-16(15)29-20/h4-12H,1-3H3,(H2,22,26). The summed E-state index contributed by atoms with van der Waals surface area (Å²) in [5.41, 5.74) is 7.51. The zero-order valence-electron chi connectivity index (χ0n) is 16.2. The van der Waals surface area contributed by atoms with Crippen LogP contribution >= 0.6 is 11.3 Å². The Balaban J connectivity index is 1.65. The van der Waals surface area contributed by atoms with Crippen LogP contribution in [0.1, 0.15) is 26.5 Å². The van der Waals surface area contributed by atoms with Crippen LogP contribution in [-0.4, -0.2) is 16.2 Å². The summed E-state index contributed by atoms with van der Waals surface area (Å²) in [6, 6.07) is 15.8. The van der Waals surface area contributed by atoms with Crippen LogP contribution in [0.3, 0.4) is 0 Å². The molecule has 2 aromatic carbocycles. The molecule has 4 rings (SSSR count). The number of amides is 2. The number of nitrogens with zero attached hydrogens (tertiary/aromatic N) is 3. The smallest absolute Gasteiger partial charge is 0.326 e. The van der Waals surface area contributed by atoms with E-state index in [0.717, 1.165) is 15.9 Å². The molecule has 0 aliphatic carbocycles. The third kappa shape index (κ3) is 3.93. The van der Waals surface area contributed by atoms with Gasteiger partial charge in [-0.2, -0.15) is 0 Å². The summed E-state index contributed by atoms with van der Waals surface area (Å²) in [5, 5.41) is 4.58. The third-order valence-electron chi connectivity index (χ3n) is 4.26. The number of para-hydroxylation sites is 1. The van der Waals surface area contributed by atoms with Crippen molar-refractivity contribution >= 4 is 39.2 Å². The Bertz CT molecular complexity index is 1140. The molecule has 0 atom stereocenters. The van der Waals surface area contributed by atoms with E-state index < -0.39 is 6.03 Å². The van der Waals surface area contributed by atoms with E-state index in [4.69, 9.17) is 15.0 Å². The van der Waals surface area contributed by atoms with Crippen LogP contribution in [0.25, 0.3) is 10.2 Å². The zero-order valence-corrected chi connectivity index (χ0v) is 17.1. The van der Waals surface area contributed by atoms with Gasteiger partial charge in [-0.15, -0.1) is 0 Å². The summed E-state index contributed by atoms with van der Waals surface area (Å²) >= 11 is 1.45. The number of anilines is 2. The van der Waals surface area contributed by atoms with Crippen molar-refractivity contribution in [1.82, 2.24) is 10.1 Å². The number of urea groups is 1. The molecule has 2 N–H and O–H groups in total. The number of rotatable bonds is 4. The second-order valence-electron chi connectivity index (χ2n) is 7.52. The van der Waals surface area contributed by atoms with Crippen molar-refractivity contribution in [1.29, 1.82) is 0 Å². The molecule has 0 radical (unpaired) electrons. The van der Waals surface area contributed by atoms with E-state index in [2.05, 4.69) is 10.1 Å². The van der Waals surface area contributed by atoms with E-state index in [1.165, 1.54) is 16.2 Å². The van der Waals surface area contributed by atoms with Crippen LogP contribution in [-0.2, 0) is 5.41 Å². The molecule has 7 nitrogen and oxygen atoms in total. The van der Waals surface area contributed by atoms with Crippen molar-refractivity contribution in [3.05, 3.63) is 60.3 Å². The summed E-state index contributed by atoms with van der Waals surface area (Å²) < 4.78 is 12.3. The molecule has 0 unspecified atom stereocenters. The van der Waals surface area contributed by atoms with E-state index in [9.17, 15) is 4.79 Å². The second-order valence-corrected chi connectivity index (χ2v) is 8.51. The van der Waals surface area contributed by atoms with Gasteiger partial charge in [0.05, 0.1) is 21.6 Å². The number of fused-ring (bicyclic) bond motifs is 1. The number of carbonyl (C=O) groups is 1. The SMILES string of the molecule is CC(C)(C)c1cc(N(C(N)=O)c2cccc(Oc3nc4ccccc4s3)c2)on1. The molecule has 4 aromatic rings. The number of ether oxygens (including phenoxy) is 1. The predicted octanol–water partition coefficient (Wildman–Crippen LogP) is 5.59. The molecule has 2 amide bonds. The van der Waals surface area contributed by atoms with E-state index in [0.29, 0.717) is 16.6 Å². The summed E-state index contributed by atoms with van der Waals surface area (Å²) in [7, 11) is 0. The van der Waals surface area contributed by atoms with Gasteiger partial charge in [-0.1, -0.05) is 55.5 Å².